The number of alkyl halides is 2. The fraction of sp³-hybridized carbons (Fsp3) is 0.385. The third kappa shape index (κ3) is 2.64. The summed E-state index contributed by atoms with van der Waals surface area (Å²) in [6.45, 7) is 3.37. The molecule has 0 unspecified atom stereocenters. The Balaban J connectivity index is 2.39. The largest absolute Gasteiger partial charge is 0.341 e. The molecule has 1 N–H and O–H groups in total. The standard InChI is InChI=1S/C13H16F2N2/c1-2-16-7-10-8-17(9-13(14)15)12-6-4-3-5-11(10)12/h3-6,8,13,16H,2,7,9H2,1H3. The number of para-hydroxylation sites is 1. The van der Waals surface area contributed by atoms with E-state index in [1.165, 1.54) is 0 Å². The quantitative estimate of drug-likeness (QED) is 0.847. The van der Waals surface area contributed by atoms with Crippen molar-refractivity contribution in [2.75, 3.05) is 6.54 Å². The van der Waals surface area contributed by atoms with Crippen LogP contribution in [0.1, 0.15) is 12.5 Å². The SMILES string of the molecule is CCNCc1cn(CC(F)F)c2ccccc12. The number of halogens is 2. The lowest BCUT2D eigenvalue weighted by molar-refractivity contribution is 0.128. The second kappa shape index (κ2) is 5.27. The van der Waals surface area contributed by atoms with Crippen molar-refractivity contribution in [3.63, 3.8) is 0 Å². The van der Waals surface area contributed by atoms with Gasteiger partial charge in [-0.2, -0.15) is 0 Å². The van der Waals surface area contributed by atoms with Crippen molar-refractivity contribution in [2.24, 2.45) is 0 Å². The number of benzene rings is 1. The van der Waals surface area contributed by atoms with Gasteiger partial charge in [-0.05, 0) is 18.2 Å². The maximum absolute atomic E-state index is 12.5. The van der Waals surface area contributed by atoms with Crippen LogP contribution in [0.15, 0.2) is 30.5 Å². The van der Waals surface area contributed by atoms with Crippen LogP contribution in [-0.4, -0.2) is 17.5 Å². The van der Waals surface area contributed by atoms with Crippen molar-refractivity contribution in [2.45, 2.75) is 26.4 Å². The van der Waals surface area contributed by atoms with E-state index in [0.717, 1.165) is 23.0 Å². The van der Waals surface area contributed by atoms with Gasteiger partial charge in [0.1, 0.15) is 0 Å². The number of aromatic nitrogens is 1. The minimum Gasteiger partial charge on any atom is -0.341 e. The Morgan fingerprint density at radius 1 is 1.29 bits per heavy atom. The Morgan fingerprint density at radius 2 is 2.06 bits per heavy atom. The monoisotopic (exact) mass is 238 g/mol. The van der Waals surface area contributed by atoms with Gasteiger partial charge in [-0.3, -0.25) is 0 Å². The third-order valence-electron chi connectivity index (χ3n) is 2.77. The Kier molecular flexibility index (Phi) is 3.74. The van der Waals surface area contributed by atoms with Crippen LogP contribution < -0.4 is 5.32 Å². The van der Waals surface area contributed by atoms with Crippen molar-refractivity contribution in [3.8, 4) is 0 Å². The lowest BCUT2D eigenvalue weighted by Crippen LogP contribution is -2.11. The number of rotatable bonds is 5. The molecule has 4 heteroatoms. The van der Waals surface area contributed by atoms with Gasteiger partial charge in [0, 0.05) is 23.6 Å². The lowest BCUT2D eigenvalue weighted by atomic mass is 10.2. The lowest BCUT2D eigenvalue weighted by Gasteiger charge is -2.03. The first-order chi connectivity index (χ1) is 8.22. The molecule has 0 aliphatic rings. The molecular weight excluding hydrogens is 222 g/mol. The van der Waals surface area contributed by atoms with E-state index in [9.17, 15) is 8.78 Å². The normalized spacial score (nSPS) is 11.5. The molecule has 0 fully saturated rings. The molecule has 17 heavy (non-hydrogen) atoms. The second-order valence-electron chi connectivity index (χ2n) is 4.00. The summed E-state index contributed by atoms with van der Waals surface area (Å²) in [7, 11) is 0. The summed E-state index contributed by atoms with van der Waals surface area (Å²) >= 11 is 0. The van der Waals surface area contributed by atoms with Gasteiger partial charge in [0.05, 0.1) is 6.54 Å². The van der Waals surface area contributed by atoms with Crippen LogP contribution in [0.3, 0.4) is 0 Å². The van der Waals surface area contributed by atoms with Crippen LogP contribution in [0.5, 0.6) is 0 Å². The molecule has 0 saturated carbocycles. The molecule has 0 amide bonds. The number of nitrogens with zero attached hydrogens (tertiary/aromatic N) is 1. The Morgan fingerprint density at radius 3 is 2.76 bits per heavy atom. The van der Waals surface area contributed by atoms with Gasteiger partial charge in [0.2, 0.25) is 0 Å². The number of nitrogens with one attached hydrogen (secondary N) is 1. The van der Waals surface area contributed by atoms with Crippen LogP contribution in [0.25, 0.3) is 10.9 Å². The highest BCUT2D eigenvalue weighted by Crippen LogP contribution is 2.22. The van der Waals surface area contributed by atoms with E-state index in [1.807, 2.05) is 37.4 Å². The minimum atomic E-state index is -2.32. The van der Waals surface area contributed by atoms with Gasteiger partial charge < -0.3 is 9.88 Å². The molecule has 1 heterocycles. The summed E-state index contributed by atoms with van der Waals surface area (Å²) in [5, 5.41) is 4.27. The molecule has 0 spiro atoms. The maximum atomic E-state index is 12.5. The molecule has 0 atom stereocenters. The fourth-order valence-electron chi connectivity index (χ4n) is 2.02. The van der Waals surface area contributed by atoms with E-state index >= 15 is 0 Å². The molecule has 0 aliphatic heterocycles. The number of hydrogen-bond donors (Lipinski definition) is 1. The first-order valence-corrected chi connectivity index (χ1v) is 5.78. The summed E-state index contributed by atoms with van der Waals surface area (Å²) in [5.74, 6) is 0. The average molecular weight is 238 g/mol. The molecule has 0 radical (unpaired) electrons. The predicted molar refractivity (Wildman–Crippen MR) is 65.3 cm³/mol. The molecule has 0 bridgehead atoms. The highest BCUT2D eigenvalue weighted by atomic mass is 19.3. The Hall–Kier alpha value is -1.42. The van der Waals surface area contributed by atoms with Crippen molar-refractivity contribution in [3.05, 3.63) is 36.0 Å². The summed E-state index contributed by atoms with van der Waals surface area (Å²) in [6, 6.07) is 7.67. The third-order valence-corrected chi connectivity index (χ3v) is 2.77. The van der Waals surface area contributed by atoms with Gasteiger partial charge in [-0.15, -0.1) is 0 Å². The van der Waals surface area contributed by atoms with Crippen LogP contribution in [-0.2, 0) is 13.1 Å². The zero-order valence-corrected chi connectivity index (χ0v) is 9.79. The van der Waals surface area contributed by atoms with Gasteiger partial charge in [0.25, 0.3) is 6.43 Å². The molecule has 2 aromatic rings. The van der Waals surface area contributed by atoms with Crippen molar-refractivity contribution < 1.29 is 8.78 Å². The van der Waals surface area contributed by atoms with E-state index in [1.54, 1.807) is 4.57 Å². The van der Waals surface area contributed by atoms with Gasteiger partial charge in [-0.25, -0.2) is 8.78 Å². The van der Waals surface area contributed by atoms with Crippen molar-refractivity contribution >= 4 is 10.9 Å². The van der Waals surface area contributed by atoms with Crippen molar-refractivity contribution in [1.82, 2.24) is 9.88 Å². The molecule has 92 valence electrons. The number of hydrogen-bond acceptors (Lipinski definition) is 1. The fourth-order valence-corrected chi connectivity index (χ4v) is 2.02. The topological polar surface area (TPSA) is 17.0 Å². The van der Waals surface area contributed by atoms with E-state index in [0.29, 0.717) is 6.54 Å². The summed E-state index contributed by atoms with van der Waals surface area (Å²) in [4.78, 5) is 0. The first kappa shape index (κ1) is 12.0. The van der Waals surface area contributed by atoms with E-state index in [2.05, 4.69) is 5.32 Å². The highest BCUT2D eigenvalue weighted by molar-refractivity contribution is 5.83. The van der Waals surface area contributed by atoms with E-state index in [-0.39, 0.29) is 6.54 Å². The highest BCUT2D eigenvalue weighted by Gasteiger charge is 2.10. The molecule has 1 aromatic carbocycles. The van der Waals surface area contributed by atoms with Crippen LogP contribution in [0.2, 0.25) is 0 Å². The Bertz CT molecular complexity index is 491. The molecule has 0 saturated heterocycles. The van der Waals surface area contributed by atoms with Crippen LogP contribution in [0.4, 0.5) is 8.78 Å². The van der Waals surface area contributed by atoms with Crippen LogP contribution >= 0.6 is 0 Å². The van der Waals surface area contributed by atoms with Crippen LogP contribution in [0, 0.1) is 0 Å². The molecule has 0 aliphatic carbocycles. The van der Waals surface area contributed by atoms with E-state index < -0.39 is 6.43 Å². The first-order valence-electron chi connectivity index (χ1n) is 5.78. The molecule has 2 nitrogen and oxygen atoms in total. The predicted octanol–water partition coefficient (Wildman–Crippen LogP) is 3.02. The van der Waals surface area contributed by atoms with E-state index in [4.69, 9.17) is 0 Å². The van der Waals surface area contributed by atoms with Gasteiger partial charge in [0.15, 0.2) is 0 Å². The zero-order valence-electron chi connectivity index (χ0n) is 9.79. The molecule has 1 aromatic heterocycles. The summed E-state index contributed by atoms with van der Waals surface area (Å²) in [6.07, 6.45) is -0.503. The molecular formula is C13H16F2N2. The van der Waals surface area contributed by atoms with Gasteiger partial charge >= 0.3 is 0 Å². The smallest absolute Gasteiger partial charge is 0.256 e. The van der Waals surface area contributed by atoms with Gasteiger partial charge in [-0.1, -0.05) is 25.1 Å². The summed E-state index contributed by atoms with van der Waals surface area (Å²) < 4.78 is 26.6. The molecule has 2 rings (SSSR count). The summed E-state index contributed by atoms with van der Waals surface area (Å²) in [5.41, 5.74) is 1.95. The number of fused-ring (bicyclic) bond motifs is 1. The zero-order chi connectivity index (χ0) is 12.3. The maximum Gasteiger partial charge on any atom is 0.256 e. The Labute approximate surface area is 99.2 Å². The minimum absolute atomic E-state index is 0.243. The van der Waals surface area contributed by atoms with Crippen molar-refractivity contribution in [1.29, 1.82) is 0 Å². The second-order valence-corrected chi connectivity index (χ2v) is 4.00. The average Bonchev–Trinajstić information content (AvgIpc) is 2.65.